The molecule has 2 heterocycles. The second-order valence-corrected chi connectivity index (χ2v) is 6.55. The van der Waals surface area contributed by atoms with E-state index in [-0.39, 0.29) is 17.9 Å². The molecule has 0 aliphatic carbocycles. The lowest BCUT2D eigenvalue weighted by atomic mass is 9.78. The maximum Gasteiger partial charge on any atom is 0.273 e. The Bertz CT molecular complexity index is 463. The lowest BCUT2D eigenvalue weighted by Gasteiger charge is -2.41. The van der Waals surface area contributed by atoms with Gasteiger partial charge in [-0.15, -0.1) is 11.3 Å². The van der Waals surface area contributed by atoms with Gasteiger partial charge in [-0.05, 0) is 26.2 Å². The molecule has 0 aromatic carbocycles. The number of carbonyl (C=O) groups excluding carboxylic acids is 1. The smallest absolute Gasteiger partial charge is 0.273 e. The average molecular weight is 298 g/mol. The molecule has 1 amide bonds. The van der Waals surface area contributed by atoms with Crippen molar-refractivity contribution in [1.82, 2.24) is 9.88 Å². The van der Waals surface area contributed by atoms with Crippen molar-refractivity contribution in [1.29, 1.82) is 0 Å². The summed E-state index contributed by atoms with van der Waals surface area (Å²) < 4.78 is 5.13. The van der Waals surface area contributed by atoms with E-state index in [2.05, 4.69) is 4.98 Å². The molecule has 20 heavy (non-hydrogen) atoms. The molecule has 1 aliphatic rings. The minimum atomic E-state index is -0.228. The van der Waals surface area contributed by atoms with E-state index in [9.17, 15) is 9.90 Å². The van der Waals surface area contributed by atoms with Gasteiger partial charge in [-0.1, -0.05) is 0 Å². The monoisotopic (exact) mass is 298 g/mol. The zero-order valence-corrected chi connectivity index (χ0v) is 12.9. The first kappa shape index (κ1) is 15.4. The Labute approximate surface area is 123 Å². The van der Waals surface area contributed by atoms with Crippen LogP contribution in [0.3, 0.4) is 0 Å². The molecule has 1 N–H and O–H groups in total. The topological polar surface area (TPSA) is 62.7 Å². The first-order chi connectivity index (χ1) is 9.62. The highest BCUT2D eigenvalue weighted by molar-refractivity contribution is 7.09. The van der Waals surface area contributed by atoms with Crippen LogP contribution in [-0.2, 0) is 4.74 Å². The second kappa shape index (κ2) is 6.65. The summed E-state index contributed by atoms with van der Waals surface area (Å²) in [6.45, 7) is 3.95. The summed E-state index contributed by atoms with van der Waals surface area (Å²) in [6, 6.07) is 0. The van der Waals surface area contributed by atoms with Gasteiger partial charge in [0.2, 0.25) is 0 Å². The van der Waals surface area contributed by atoms with Crippen LogP contribution < -0.4 is 0 Å². The van der Waals surface area contributed by atoms with Gasteiger partial charge in [0.1, 0.15) is 5.69 Å². The Morgan fingerprint density at radius 2 is 2.45 bits per heavy atom. The highest BCUT2D eigenvalue weighted by atomic mass is 32.1. The van der Waals surface area contributed by atoms with Crippen LogP contribution in [0, 0.1) is 12.3 Å². The summed E-state index contributed by atoms with van der Waals surface area (Å²) in [7, 11) is 1.66. The van der Waals surface area contributed by atoms with Crippen molar-refractivity contribution in [2.24, 2.45) is 5.41 Å². The number of aromatic nitrogens is 1. The molecule has 1 saturated heterocycles. The summed E-state index contributed by atoms with van der Waals surface area (Å²) in [5.41, 5.74) is 2.03. The van der Waals surface area contributed by atoms with Gasteiger partial charge in [0.15, 0.2) is 0 Å². The van der Waals surface area contributed by atoms with Gasteiger partial charge in [0, 0.05) is 37.1 Å². The summed E-state index contributed by atoms with van der Waals surface area (Å²) in [6.07, 6.45) is 2.63. The quantitative estimate of drug-likeness (QED) is 0.899. The number of nitrogens with zero attached hydrogens (tertiary/aromatic N) is 2. The molecule has 1 aromatic rings. The van der Waals surface area contributed by atoms with Gasteiger partial charge >= 0.3 is 0 Å². The number of aliphatic hydroxyl groups is 1. The van der Waals surface area contributed by atoms with Gasteiger partial charge in [-0.25, -0.2) is 4.98 Å². The fourth-order valence-electron chi connectivity index (χ4n) is 2.77. The maximum absolute atomic E-state index is 12.5. The molecule has 1 fully saturated rings. The van der Waals surface area contributed by atoms with Gasteiger partial charge in [-0.2, -0.15) is 0 Å². The van der Waals surface area contributed by atoms with Crippen LogP contribution in [0.5, 0.6) is 0 Å². The number of hydrogen-bond acceptors (Lipinski definition) is 5. The molecule has 5 nitrogen and oxygen atoms in total. The van der Waals surface area contributed by atoms with Crippen molar-refractivity contribution in [2.75, 3.05) is 33.4 Å². The van der Waals surface area contributed by atoms with E-state index in [0.29, 0.717) is 18.8 Å². The Kier molecular flexibility index (Phi) is 5.12. The van der Waals surface area contributed by atoms with Gasteiger partial charge in [0.25, 0.3) is 5.91 Å². The first-order valence-electron chi connectivity index (χ1n) is 6.91. The second-order valence-electron chi connectivity index (χ2n) is 5.49. The van der Waals surface area contributed by atoms with Gasteiger partial charge in [-0.3, -0.25) is 4.79 Å². The van der Waals surface area contributed by atoms with Crippen molar-refractivity contribution < 1.29 is 14.6 Å². The van der Waals surface area contributed by atoms with Crippen LogP contribution in [0.2, 0.25) is 0 Å². The highest BCUT2D eigenvalue weighted by Crippen LogP contribution is 2.34. The third-order valence-electron chi connectivity index (χ3n) is 4.07. The van der Waals surface area contributed by atoms with Crippen LogP contribution >= 0.6 is 11.3 Å². The van der Waals surface area contributed by atoms with Crippen molar-refractivity contribution in [3.8, 4) is 0 Å². The molecule has 0 unspecified atom stereocenters. The van der Waals surface area contributed by atoms with E-state index < -0.39 is 0 Å². The number of thiazole rings is 1. The van der Waals surface area contributed by atoms with E-state index >= 15 is 0 Å². The third-order valence-corrected chi connectivity index (χ3v) is 4.83. The van der Waals surface area contributed by atoms with E-state index in [1.54, 1.807) is 12.6 Å². The van der Waals surface area contributed by atoms with Crippen molar-refractivity contribution in [3.05, 3.63) is 16.1 Å². The standard InChI is InChI=1S/C14H22N2O3S/c1-11-12(15-10-20-11)13(18)16-6-3-4-14(8-16,9-17)5-7-19-2/h10,17H,3-9H2,1-2H3/t14-/m0/s1. The zero-order chi connectivity index (χ0) is 14.6. The minimum Gasteiger partial charge on any atom is -0.396 e. The summed E-state index contributed by atoms with van der Waals surface area (Å²) in [4.78, 5) is 19.5. The van der Waals surface area contributed by atoms with Crippen LogP contribution in [0.25, 0.3) is 0 Å². The average Bonchev–Trinajstić information content (AvgIpc) is 2.90. The largest absolute Gasteiger partial charge is 0.396 e. The molecule has 0 radical (unpaired) electrons. The number of piperidine rings is 1. The van der Waals surface area contributed by atoms with Crippen LogP contribution in [-0.4, -0.2) is 54.3 Å². The van der Waals surface area contributed by atoms with Crippen LogP contribution in [0.1, 0.15) is 34.6 Å². The molecule has 2 rings (SSSR count). The minimum absolute atomic E-state index is 0.0151. The molecular weight excluding hydrogens is 276 g/mol. The van der Waals surface area contributed by atoms with E-state index in [1.807, 2.05) is 11.8 Å². The van der Waals surface area contributed by atoms with Crippen LogP contribution in [0.15, 0.2) is 5.51 Å². The zero-order valence-electron chi connectivity index (χ0n) is 12.1. The summed E-state index contributed by atoms with van der Waals surface area (Å²) in [5, 5.41) is 9.75. The Balaban J connectivity index is 2.09. The first-order valence-corrected chi connectivity index (χ1v) is 7.79. The number of aliphatic hydroxyl groups excluding tert-OH is 1. The third kappa shape index (κ3) is 3.19. The predicted molar refractivity (Wildman–Crippen MR) is 78.0 cm³/mol. The fourth-order valence-corrected chi connectivity index (χ4v) is 3.34. The molecule has 112 valence electrons. The van der Waals surface area contributed by atoms with Crippen molar-refractivity contribution in [3.63, 3.8) is 0 Å². The Morgan fingerprint density at radius 3 is 3.05 bits per heavy atom. The number of rotatable bonds is 5. The number of methoxy groups -OCH3 is 1. The molecule has 0 saturated carbocycles. The fraction of sp³-hybridized carbons (Fsp3) is 0.714. The SMILES string of the molecule is COCC[C@@]1(CO)CCCN(C(=O)c2ncsc2C)C1. The molecule has 6 heteroatoms. The van der Waals surface area contributed by atoms with E-state index in [4.69, 9.17) is 4.74 Å². The van der Waals surface area contributed by atoms with Gasteiger partial charge in [0.05, 0.1) is 12.1 Å². The summed E-state index contributed by atoms with van der Waals surface area (Å²) in [5.74, 6) is -0.0151. The lowest BCUT2D eigenvalue weighted by Crippen LogP contribution is -2.48. The lowest BCUT2D eigenvalue weighted by molar-refractivity contribution is 0.00874. The summed E-state index contributed by atoms with van der Waals surface area (Å²) >= 11 is 1.49. The molecule has 1 aromatic heterocycles. The normalized spacial score (nSPS) is 23.1. The van der Waals surface area contributed by atoms with Crippen molar-refractivity contribution >= 4 is 17.2 Å². The van der Waals surface area contributed by atoms with E-state index in [0.717, 1.165) is 30.7 Å². The maximum atomic E-state index is 12.5. The Morgan fingerprint density at radius 1 is 1.65 bits per heavy atom. The predicted octanol–water partition coefficient (Wildman–Crippen LogP) is 1.70. The molecule has 1 aliphatic heterocycles. The molecule has 0 bridgehead atoms. The number of aryl methyl sites for hydroxylation is 1. The number of carbonyl (C=O) groups is 1. The number of amides is 1. The molecule has 0 spiro atoms. The Hall–Kier alpha value is -0.980. The number of hydrogen-bond donors (Lipinski definition) is 1. The molecular formula is C14H22N2O3S. The van der Waals surface area contributed by atoms with Gasteiger partial charge < -0.3 is 14.7 Å². The molecule has 1 atom stereocenters. The highest BCUT2D eigenvalue weighted by Gasteiger charge is 2.37. The number of ether oxygens (including phenoxy) is 1. The number of likely N-dealkylation sites (tertiary alicyclic amines) is 1. The van der Waals surface area contributed by atoms with Crippen molar-refractivity contribution in [2.45, 2.75) is 26.2 Å². The van der Waals surface area contributed by atoms with Crippen LogP contribution in [0.4, 0.5) is 0 Å². The van der Waals surface area contributed by atoms with E-state index in [1.165, 1.54) is 11.3 Å².